The van der Waals surface area contributed by atoms with Gasteiger partial charge in [0.1, 0.15) is 0 Å². The lowest BCUT2D eigenvalue weighted by Crippen LogP contribution is -2.20. The molecule has 5 nitrogen and oxygen atoms in total. The van der Waals surface area contributed by atoms with Crippen LogP contribution in [0, 0.1) is 0 Å². The zero-order valence-electron chi connectivity index (χ0n) is 9.33. The van der Waals surface area contributed by atoms with Crippen molar-refractivity contribution in [3.63, 3.8) is 0 Å². The highest BCUT2D eigenvalue weighted by Crippen LogP contribution is 2.07. The maximum absolute atomic E-state index is 11.0. The van der Waals surface area contributed by atoms with Crippen molar-refractivity contribution in [1.29, 1.82) is 0 Å². The van der Waals surface area contributed by atoms with Gasteiger partial charge in [-0.2, -0.15) is 13.6 Å². The Hall–Kier alpha value is -1.40. The first-order valence-electron chi connectivity index (χ1n) is 5.26. The normalized spacial score (nSPS) is 11.1. The number of carbonyl (C=O) groups excluding carboxylic acids is 1. The van der Waals surface area contributed by atoms with E-state index >= 15 is 0 Å². The summed E-state index contributed by atoms with van der Waals surface area (Å²) >= 11 is 0. The zero-order valence-corrected chi connectivity index (χ0v) is 10.2. The summed E-state index contributed by atoms with van der Waals surface area (Å²) < 4.78 is 24.9. The van der Waals surface area contributed by atoms with E-state index in [2.05, 4.69) is 9.32 Å². The molecular formula is C11H15NO4S. The Morgan fingerprint density at radius 1 is 1.18 bits per heavy atom. The van der Waals surface area contributed by atoms with Crippen molar-refractivity contribution in [3.8, 4) is 0 Å². The maximum Gasteiger partial charge on any atom is 0.382 e. The van der Waals surface area contributed by atoms with Crippen molar-refractivity contribution in [3.05, 3.63) is 35.9 Å². The van der Waals surface area contributed by atoms with Gasteiger partial charge < -0.3 is 4.18 Å². The first kappa shape index (κ1) is 13.7. The standard InChI is InChI=1S/C11H15NO4S/c12-17(14,15)16-11(13)9-5-4-8-10-6-2-1-3-7-10/h1-3,6-7H,4-5,8-9H2,(H2,12,14,15). The predicted octanol–water partition coefficient (Wildman–Crippen LogP) is 1.15. The summed E-state index contributed by atoms with van der Waals surface area (Å²) in [6.45, 7) is 0. The van der Waals surface area contributed by atoms with Gasteiger partial charge in [-0.1, -0.05) is 30.3 Å². The highest BCUT2D eigenvalue weighted by Gasteiger charge is 2.10. The third-order valence-corrected chi connectivity index (χ3v) is 2.57. The molecule has 0 spiro atoms. The van der Waals surface area contributed by atoms with Crippen LogP contribution in [0.15, 0.2) is 30.3 Å². The first-order valence-corrected chi connectivity index (χ1v) is 6.73. The molecule has 17 heavy (non-hydrogen) atoms. The molecule has 94 valence electrons. The van der Waals surface area contributed by atoms with Gasteiger partial charge in [0.15, 0.2) is 0 Å². The van der Waals surface area contributed by atoms with E-state index < -0.39 is 16.3 Å². The van der Waals surface area contributed by atoms with E-state index in [-0.39, 0.29) is 6.42 Å². The van der Waals surface area contributed by atoms with Crippen LogP contribution in [0.5, 0.6) is 0 Å². The molecule has 0 aliphatic rings. The zero-order chi connectivity index (χ0) is 12.7. The average Bonchev–Trinajstić information content (AvgIpc) is 2.23. The van der Waals surface area contributed by atoms with Gasteiger partial charge in [-0.3, -0.25) is 4.79 Å². The van der Waals surface area contributed by atoms with E-state index in [9.17, 15) is 13.2 Å². The first-order chi connectivity index (χ1) is 7.97. The SMILES string of the molecule is NS(=O)(=O)OC(=O)CCCCc1ccccc1. The molecule has 1 aromatic carbocycles. The molecular weight excluding hydrogens is 242 g/mol. The van der Waals surface area contributed by atoms with Crippen LogP contribution in [0.25, 0.3) is 0 Å². The molecule has 0 unspecified atom stereocenters. The van der Waals surface area contributed by atoms with Gasteiger partial charge in [-0.15, -0.1) is 0 Å². The van der Waals surface area contributed by atoms with Crippen molar-refractivity contribution in [2.75, 3.05) is 0 Å². The Bertz CT molecular complexity index is 456. The molecule has 0 aromatic heterocycles. The number of hydrogen-bond acceptors (Lipinski definition) is 4. The molecule has 6 heteroatoms. The largest absolute Gasteiger partial charge is 0.382 e. The minimum Gasteiger partial charge on any atom is -0.334 e. The fourth-order valence-corrected chi connectivity index (χ4v) is 1.76. The second kappa shape index (κ2) is 6.36. The van der Waals surface area contributed by atoms with Crippen LogP contribution in [0.2, 0.25) is 0 Å². The number of nitrogens with two attached hydrogens (primary N) is 1. The van der Waals surface area contributed by atoms with Crippen molar-refractivity contribution in [1.82, 2.24) is 0 Å². The van der Waals surface area contributed by atoms with Crippen LogP contribution < -0.4 is 5.14 Å². The lowest BCUT2D eigenvalue weighted by Gasteiger charge is -2.02. The Kier molecular flexibility index (Phi) is 5.11. The van der Waals surface area contributed by atoms with Gasteiger partial charge in [0, 0.05) is 6.42 Å². The summed E-state index contributed by atoms with van der Waals surface area (Å²) in [7, 11) is -4.16. The van der Waals surface area contributed by atoms with Gasteiger partial charge >= 0.3 is 16.3 Å². The topological polar surface area (TPSA) is 86.5 Å². The van der Waals surface area contributed by atoms with Gasteiger partial charge in [0.25, 0.3) is 0 Å². The fourth-order valence-electron chi connectivity index (χ4n) is 1.41. The summed E-state index contributed by atoms with van der Waals surface area (Å²) in [4.78, 5) is 11.0. The van der Waals surface area contributed by atoms with Crippen LogP contribution in [-0.4, -0.2) is 14.4 Å². The molecule has 0 heterocycles. The number of aryl methyl sites for hydroxylation is 1. The van der Waals surface area contributed by atoms with Crippen LogP contribution in [0.4, 0.5) is 0 Å². The van der Waals surface area contributed by atoms with E-state index in [0.29, 0.717) is 6.42 Å². The van der Waals surface area contributed by atoms with Crippen molar-refractivity contribution in [2.45, 2.75) is 25.7 Å². The minimum absolute atomic E-state index is 0.0588. The van der Waals surface area contributed by atoms with Crippen LogP contribution in [0.3, 0.4) is 0 Å². The molecule has 0 atom stereocenters. The van der Waals surface area contributed by atoms with Crippen LogP contribution in [-0.2, 0) is 25.7 Å². The highest BCUT2D eigenvalue weighted by atomic mass is 32.2. The molecule has 0 saturated carbocycles. The average molecular weight is 257 g/mol. The summed E-state index contributed by atoms with van der Waals surface area (Å²) in [6, 6.07) is 9.84. The predicted molar refractivity (Wildman–Crippen MR) is 63.2 cm³/mol. The third-order valence-electron chi connectivity index (χ3n) is 2.15. The van der Waals surface area contributed by atoms with Gasteiger partial charge in [0.05, 0.1) is 0 Å². The van der Waals surface area contributed by atoms with Crippen molar-refractivity contribution < 1.29 is 17.4 Å². The minimum atomic E-state index is -4.16. The van der Waals surface area contributed by atoms with E-state index in [1.807, 2.05) is 30.3 Å². The lowest BCUT2D eigenvalue weighted by atomic mass is 10.1. The Labute approximate surface area is 101 Å². The maximum atomic E-state index is 11.0. The van der Waals surface area contributed by atoms with Crippen LogP contribution in [0.1, 0.15) is 24.8 Å². The van der Waals surface area contributed by atoms with Crippen molar-refractivity contribution >= 4 is 16.3 Å². The monoisotopic (exact) mass is 257 g/mol. The van der Waals surface area contributed by atoms with Gasteiger partial charge in [-0.25, -0.2) is 0 Å². The summed E-state index contributed by atoms with van der Waals surface area (Å²) in [6.07, 6.45) is 2.28. The Morgan fingerprint density at radius 2 is 1.82 bits per heavy atom. The van der Waals surface area contributed by atoms with E-state index in [0.717, 1.165) is 12.8 Å². The molecule has 1 rings (SSSR count). The third kappa shape index (κ3) is 6.70. The molecule has 0 aliphatic carbocycles. The van der Waals surface area contributed by atoms with Gasteiger partial charge in [-0.05, 0) is 24.8 Å². The number of unbranched alkanes of at least 4 members (excludes halogenated alkanes) is 1. The summed E-state index contributed by atoms with van der Waals surface area (Å²) in [5.74, 6) is -0.805. The Balaban J connectivity index is 2.19. The summed E-state index contributed by atoms with van der Waals surface area (Å²) in [5, 5.41) is 4.56. The number of hydrogen-bond donors (Lipinski definition) is 1. The number of carbonyl (C=O) groups is 1. The number of rotatable bonds is 6. The quantitative estimate of drug-likeness (QED) is 0.774. The molecule has 0 saturated heterocycles. The second-order valence-electron chi connectivity index (χ2n) is 3.64. The molecule has 1 aromatic rings. The molecule has 0 radical (unpaired) electrons. The van der Waals surface area contributed by atoms with E-state index in [4.69, 9.17) is 0 Å². The molecule has 0 aliphatic heterocycles. The smallest absolute Gasteiger partial charge is 0.334 e. The fraction of sp³-hybridized carbons (Fsp3) is 0.364. The van der Waals surface area contributed by atoms with Crippen LogP contribution >= 0.6 is 0 Å². The van der Waals surface area contributed by atoms with Gasteiger partial charge in [0.2, 0.25) is 0 Å². The highest BCUT2D eigenvalue weighted by molar-refractivity contribution is 7.84. The summed E-state index contributed by atoms with van der Waals surface area (Å²) in [5.41, 5.74) is 1.19. The molecule has 0 amide bonds. The molecule has 2 N–H and O–H groups in total. The van der Waals surface area contributed by atoms with E-state index in [1.54, 1.807) is 0 Å². The second-order valence-corrected chi connectivity index (χ2v) is 4.79. The molecule has 0 bridgehead atoms. The number of benzene rings is 1. The lowest BCUT2D eigenvalue weighted by molar-refractivity contribution is -0.133. The Morgan fingerprint density at radius 3 is 2.41 bits per heavy atom. The molecule has 0 fully saturated rings. The van der Waals surface area contributed by atoms with E-state index in [1.165, 1.54) is 5.56 Å². The van der Waals surface area contributed by atoms with Crippen molar-refractivity contribution in [2.24, 2.45) is 5.14 Å².